The van der Waals surface area contributed by atoms with E-state index in [9.17, 15) is 4.79 Å². The van der Waals surface area contributed by atoms with Crippen molar-refractivity contribution >= 4 is 21.8 Å². The highest BCUT2D eigenvalue weighted by molar-refractivity contribution is 9.10. The number of amides is 1. The lowest BCUT2D eigenvalue weighted by molar-refractivity contribution is 0.0651. The molecule has 1 aliphatic rings. The molecule has 0 aliphatic carbocycles. The summed E-state index contributed by atoms with van der Waals surface area (Å²) in [4.78, 5) is 13.8. The fourth-order valence-electron chi connectivity index (χ4n) is 1.50. The molecule has 0 spiro atoms. The lowest BCUT2D eigenvalue weighted by atomic mass is 10.1. The fourth-order valence-corrected chi connectivity index (χ4v) is 1.94. The van der Waals surface area contributed by atoms with Crippen molar-refractivity contribution in [2.24, 2.45) is 0 Å². The molecule has 0 unspecified atom stereocenters. The standard InChI is InChI=1S/C11H12BrNO/c1-8-4-2-5-9(10(8)12)11(14)13-6-3-7-13/h2,4-5H,3,6-7H2,1H3. The van der Waals surface area contributed by atoms with Gasteiger partial charge in [-0.3, -0.25) is 4.79 Å². The number of hydrogen-bond acceptors (Lipinski definition) is 1. The fraction of sp³-hybridized carbons (Fsp3) is 0.364. The van der Waals surface area contributed by atoms with E-state index >= 15 is 0 Å². The first kappa shape index (κ1) is 9.71. The summed E-state index contributed by atoms with van der Waals surface area (Å²) in [5, 5.41) is 0. The molecule has 1 fully saturated rings. The topological polar surface area (TPSA) is 20.3 Å². The van der Waals surface area contributed by atoms with Gasteiger partial charge < -0.3 is 4.90 Å². The molecule has 74 valence electrons. The number of rotatable bonds is 1. The van der Waals surface area contributed by atoms with Gasteiger partial charge in [-0.2, -0.15) is 0 Å². The molecule has 0 bridgehead atoms. The molecular formula is C11H12BrNO. The Morgan fingerprint density at radius 2 is 2.14 bits per heavy atom. The summed E-state index contributed by atoms with van der Waals surface area (Å²) in [6, 6.07) is 5.79. The summed E-state index contributed by atoms with van der Waals surface area (Å²) in [5.41, 5.74) is 1.89. The first-order chi connectivity index (χ1) is 6.70. The van der Waals surface area contributed by atoms with Gasteiger partial charge in [-0.05, 0) is 40.9 Å². The summed E-state index contributed by atoms with van der Waals surface area (Å²) in [6.45, 7) is 3.80. The zero-order valence-corrected chi connectivity index (χ0v) is 9.67. The number of carbonyl (C=O) groups excluding carboxylic acids is 1. The molecule has 3 heteroatoms. The summed E-state index contributed by atoms with van der Waals surface area (Å²) >= 11 is 3.45. The highest BCUT2D eigenvalue weighted by atomic mass is 79.9. The van der Waals surface area contributed by atoms with E-state index in [2.05, 4.69) is 15.9 Å². The maximum absolute atomic E-state index is 11.9. The van der Waals surface area contributed by atoms with Crippen LogP contribution < -0.4 is 0 Å². The Hall–Kier alpha value is -0.830. The molecule has 2 rings (SSSR count). The number of likely N-dealkylation sites (tertiary alicyclic amines) is 1. The van der Waals surface area contributed by atoms with Crippen LogP contribution in [0.15, 0.2) is 22.7 Å². The van der Waals surface area contributed by atoms with Crippen molar-refractivity contribution < 1.29 is 4.79 Å². The molecule has 1 saturated heterocycles. The second-order valence-electron chi connectivity index (χ2n) is 3.58. The van der Waals surface area contributed by atoms with Gasteiger partial charge in [-0.25, -0.2) is 0 Å². The Balaban J connectivity index is 2.31. The molecule has 0 atom stereocenters. The van der Waals surface area contributed by atoms with E-state index < -0.39 is 0 Å². The Kier molecular flexibility index (Phi) is 2.59. The molecule has 1 aromatic carbocycles. The van der Waals surface area contributed by atoms with Crippen molar-refractivity contribution in [3.8, 4) is 0 Å². The molecule has 0 radical (unpaired) electrons. The minimum atomic E-state index is 0.145. The van der Waals surface area contributed by atoms with Crippen molar-refractivity contribution in [3.05, 3.63) is 33.8 Å². The van der Waals surface area contributed by atoms with Crippen LogP contribution in [0, 0.1) is 6.92 Å². The summed E-state index contributed by atoms with van der Waals surface area (Å²) in [6.07, 6.45) is 1.13. The third kappa shape index (κ3) is 1.57. The van der Waals surface area contributed by atoms with Crippen molar-refractivity contribution in [2.45, 2.75) is 13.3 Å². The van der Waals surface area contributed by atoms with Crippen molar-refractivity contribution in [1.29, 1.82) is 0 Å². The normalized spacial score (nSPS) is 15.1. The van der Waals surface area contributed by atoms with E-state index in [-0.39, 0.29) is 5.91 Å². The van der Waals surface area contributed by atoms with Crippen molar-refractivity contribution in [3.63, 3.8) is 0 Å². The van der Waals surface area contributed by atoms with E-state index in [4.69, 9.17) is 0 Å². The predicted molar refractivity (Wildman–Crippen MR) is 59.4 cm³/mol. The van der Waals surface area contributed by atoms with Gasteiger partial charge in [0.05, 0.1) is 5.56 Å². The molecular weight excluding hydrogens is 242 g/mol. The number of benzene rings is 1. The Morgan fingerprint density at radius 1 is 1.43 bits per heavy atom. The minimum Gasteiger partial charge on any atom is -0.338 e. The van der Waals surface area contributed by atoms with Crippen LogP contribution in [0.1, 0.15) is 22.3 Å². The third-order valence-electron chi connectivity index (χ3n) is 2.57. The Morgan fingerprint density at radius 3 is 2.71 bits per heavy atom. The van der Waals surface area contributed by atoms with Crippen LogP contribution >= 0.6 is 15.9 Å². The van der Waals surface area contributed by atoms with Gasteiger partial charge >= 0.3 is 0 Å². The monoisotopic (exact) mass is 253 g/mol. The van der Waals surface area contributed by atoms with Crippen LogP contribution in [-0.4, -0.2) is 23.9 Å². The van der Waals surface area contributed by atoms with Crippen LogP contribution in [0.5, 0.6) is 0 Å². The van der Waals surface area contributed by atoms with Crippen molar-refractivity contribution in [1.82, 2.24) is 4.90 Å². The second kappa shape index (κ2) is 3.73. The van der Waals surface area contributed by atoms with Gasteiger partial charge in [-0.1, -0.05) is 12.1 Å². The van der Waals surface area contributed by atoms with E-state index in [0.29, 0.717) is 0 Å². The minimum absolute atomic E-state index is 0.145. The van der Waals surface area contributed by atoms with Crippen LogP contribution in [0.25, 0.3) is 0 Å². The van der Waals surface area contributed by atoms with E-state index in [1.54, 1.807) is 0 Å². The first-order valence-corrected chi connectivity index (χ1v) is 5.54. The molecule has 1 amide bonds. The molecule has 0 aromatic heterocycles. The highest BCUT2D eigenvalue weighted by Gasteiger charge is 2.23. The molecule has 0 saturated carbocycles. The molecule has 0 N–H and O–H groups in total. The summed E-state index contributed by atoms with van der Waals surface area (Å²) in [5.74, 6) is 0.145. The number of halogens is 1. The van der Waals surface area contributed by atoms with Crippen LogP contribution in [0.2, 0.25) is 0 Å². The SMILES string of the molecule is Cc1cccc(C(=O)N2CCC2)c1Br. The van der Waals surface area contributed by atoms with Gasteiger partial charge in [-0.15, -0.1) is 0 Å². The smallest absolute Gasteiger partial charge is 0.255 e. The number of hydrogen-bond donors (Lipinski definition) is 0. The van der Waals surface area contributed by atoms with Crippen LogP contribution in [0.4, 0.5) is 0 Å². The van der Waals surface area contributed by atoms with Gasteiger partial charge in [0.15, 0.2) is 0 Å². The van der Waals surface area contributed by atoms with Gasteiger partial charge in [0.25, 0.3) is 5.91 Å². The lowest BCUT2D eigenvalue weighted by Crippen LogP contribution is -2.42. The maximum Gasteiger partial charge on any atom is 0.255 e. The average Bonchev–Trinajstić information content (AvgIpc) is 2.06. The van der Waals surface area contributed by atoms with Crippen LogP contribution in [0.3, 0.4) is 0 Å². The largest absolute Gasteiger partial charge is 0.338 e. The Bertz CT molecular complexity index is 372. The number of aryl methyl sites for hydroxylation is 1. The zero-order chi connectivity index (χ0) is 10.1. The van der Waals surface area contributed by atoms with Crippen molar-refractivity contribution in [2.75, 3.05) is 13.1 Å². The molecule has 1 aromatic rings. The lowest BCUT2D eigenvalue weighted by Gasteiger charge is -2.31. The molecule has 1 aliphatic heterocycles. The highest BCUT2D eigenvalue weighted by Crippen LogP contribution is 2.23. The summed E-state index contributed by atoms with van der Waals surface area (Å²) in [7, 11) is 0. The summed E-state index contributed by atoms with van der Waals surface area (Å²) < 4.78 is 0.928. The predicted octanol–water partition coefficient (Wildman–Crippen LogP) is 2.60. The number of nitrogens with zero attached hydrogens (tertiary/aromatic N) is 1. The van der Waals surface area contributed by atoms with E-state index in [0.717, 1.165) is 35.1 Å². The van der Waals surface area contributed by atoms with Gasteiger partial charge in [0, 0.05) is 17.6 Å². The Labute approximate surface area is 92.0 Å². The van der Waals surface area contributed by atoms with E-state index in [1.807, 2.05) is 30.0 Å². The third-order valence-corrected chi connectivity index (χ3v) is 3.62. The van der Waals surface area contributed by atoms with Crippen LogP contribution in [-0.2, 0) is 0 Å². The molecule has 14 heavy (non-hydrogen) atoms. The zero-order valence-electron chi connectivity index (χ0n) is 8.09. The quantitative estimate of drug-likeness (QED) is 0.754. The first-order valence-electron chi connectivity index (χ1n) is 4.74. The molecule has 1 heterocycles. The second-order valence-corrected chi connectivity index (χ2v) is 4.38. The molecule has 2 nitrogen and oxygen atoms in total. The van der Waals surface area contributed by atoms with Gasteiger partial charge in [0.1, 0.15) is 0 Å². The van der Waals surface area contributed by atoms with Gasteiger partial charge in [0.2, 0.25) is 0 Å². The van der Waals surface area contributed by atoms with E-state index in [1.165, 1.54) is 0 Å². The number of carbonyl (C=O) groups is 1. The maximum atomic E-state index is 11.9. The average molecular weight is 254 g/mol.